The molecule has 0 saturated heterocycles. The number of aromatic amines is 2. The zero-order valence-corrected chi connectivity index (χ0v) is 11.2. The van der Waals surface area contributed by atoms with Crippen LogP contribution in [0.15, 0.2) is 39.9 Å². The standard InChI is InChI=1S/C14H15N3O4/c18-8-10-3-1-2-9(4-10)7-15-12(19)5-11-6-13(20)17-14(21)16-11/h1-4,6,18H,5,7-8H2,(H,15,19)(H2,16,17,20,21). The van der Waals surface area contributed by atoms with E-state index in [2.05, 4.69) is 10.3 Å². The van der Waals surface area contributed by atoms with Crippen molar-refractivity contribution in [1.29, 1.82) is 0 Å². The van der Waals surface area contributed by atoms with Crippen LogP contribution in [0.2, 0.25) is 0 Å². The summed E-state index contributed by atoms with van der Waals surface area (Å²) < 4.78 is 0. The van der Waals surface area contributed by atoms with Crippen molar-refractivity contribution in [2.75, 3.05) is 0 Å². The van der Waals surface area contributed by atoms with E-state index >= 15 is 0 Å². The van der Waals surface area contributed by atoms with E-state index in [-0.39, 0.29) is 24.6 Å². The van der Waals surface area contributed by atoms with E-state index in [1.807, 2.05) is 11.1 Å². The lowest BCUT2D eigenvalue weighted by Crippen LogP contribution is -2.28. The summed E-state index contributed by atoms with van der Waals surface area (Å²) in [5.74, 6) is -0.314. The first-order valence-corrected chi connectivity index (χ1v) is 6.35. The van der Waals surface area contributed by atoms with Crippen molar-refractivity contribution in [2.45, 2.75) is 19.6 Å². The van der Waals surface area contributed by atoms with Crippen LogP contribution in [0.5, 0.6) is 0 Å². The van der Waals surface area contributed by atoms with Gasteiger partial charge in [-0.2, -0.15) is 0 Å². The van der Waals surface area contributed by atoms with Gasteiger partial charge in [0, 0.05) is 18.3 Å². The van der Waals surface area contributed by atoms with E-state index < -0.39 is 11.2 Å². The van der Waals surface area contributed by atoms with Crippen molar-refractivity contribution in [3.05, 3.63) is 68.0 Å². The molecule has 0 aliphatic rings. The summed E-state index contributed by atoms with van der Waals surface area (Å²) in [6.07, 6.45) is -0.0845. The lowest BCUT2D eigenvalue weighted by Gasteiger charge is -2.06. The second kappa shape index (κ2) is 6.67. The molecule has 0 aliphatic heterocycles. The monoisotopic (exact) mass is 289 g/mol. The first-order chi connectivity index (χ1) is 10.1. The predicted octanol–water partition coefficient (Wildman–Crippen LogP) is -0.586. The maximum atomic E-state index is 11.8. The van der Waals surface area contributed by atoms with E-state index in [9.17, 15) is 14.4 Å². The molecular formula is C14H15N3O4. The molecule has 21 heavy (non-hydrogen) atoms. The van der Waals surface area contributed by atoms with Gasteiger partial charge in [0.1, 0.15) is 0 Å². The molecule has 7 heteroatoms. The minimum atomic E-state index is -0.638. The predicted molar refractivity (Wildman–Crippen MR) is 75.6 cm³/mol. The second-order valence-corrected chi connectivity index (χ2v) is 4.54. The molecule has 0 aliphatic carbocycles. The van der Waals surface area contributed by atoms with E-state index in [1.54, 1.807) is 18.2 Å². The minimum absolute atomic E-state index is 0.0597. The van der Waals surface area contributed by atoms with Crippen molar-refractivity contribution in [1.82, 2.24) is 15.3 Å². The number of carbonyl (C=O) groups is 1. The number of hydrogen-bond acceptors (Lipinski definition) is 4. The number of rotatable bonds is 5. The largest absolute Gasteiger partial charge is 0.392 e. The Balaban J connectivity index is 1.95. The highest BCUT2D eigenvalue weighted by atomic mass is 16.3. The third kappa shape index (κ3) is 4.43. The molecule has 0 saturated carbocycles. The maximum absolute atomic E-state index is 11.8. The van der Waals surface area contributed by atoms with Crippen molar-refractivity contribution in [2.24, 2.45) is 0 Å². The van der Waals surface area contributed by atoms with Crippen molar-refractivity contribution in [3.63, 3.8) is 0 Å². The second-order valence-electron chi connectivity index (χ2n) is 4.54. The molecule has 0 radical (unpaired) electrons. The van der Waals surface area contributed by atoms with Crippen molar-refractivity contribution in [3.8, 4) is 0 Å². The third-order valence-corrected chi connectivity index (χ3v) is 2.83. The Kier molecular flexibility index (Phi) is 4.68. The van der Waals surface area contributed by atoms with Crippen LogP contribution in [0.3, 0.4) is 0 Å². The Morgan fingerprint density at radius 3 is 2.62 bits per heavy atom. The summed E-state index contributed by atoms with van der Waals surface area (Å²) in [6, 6.07) is 8.37. The Labute approximate surface area is 119 Å². The lowest BCUT2D eigenvalue weighted by atomic mass is 10.1. The first-order valence-electron chi connectivity index (χ1n) is 6.35. The Morgan fingerprint density at radius 2 is 1.90 bits per heavy atom. The number of benzene rings is 1. The number of hydrogen-bond donors (Lipinski definition) is 4. The third-order valence-electron chi connectivity index (χ3n) is 2.83. The van der Waals surface area contributed by atoms with Crippen LogP contribution in [-0.4, -0.2) is 21.0 Å². The lowest BCUT2D eigenvalue weighted by molar-refractivity contribution is -0.120. The van der Waals surface area contributed by atoms with Crippen molar-refractivity contribution >= 4 is 5.91 Å². The number of carbonyl (C=O) groups excluding carboxylic acids is 1. The molecule has 0 spiro atoms. The maximum Gasteiger partial charge on any atom is 0.325 e. The van der Waals surface area contributed by atoms with Gasteiger partial charge in [-0.3, -0.25) is 14.6 Å². The van der Waals surface area contributed by atoms with E-state index in [0.29, 0.717) is 6.54 Å². The molecule has 1 aromatic heterocycles. The first kappa shape index (κ1) is 14.7. The molecule has 1 amide bonds. The van der Waals surface area contributed by atoms with Gasteiger partial charge in [0.15, 0.2) is 0 Å². The summed E-state index contributed by atoms with van der Waals surface area (Å²) in [4.78, 5) is 38.4. The van der Waals surface area contributed by atoms with Crippen LogP contribution >= 0.6 is 0 Å². The van der Waals surface area contributed by atoms with Gasteiger partial charge in [-0.15, -0.1) is 0 Å². The van der Waals surface area contributed by atoms with Gasteiger partial charge in [0.2, 0.25) is 5.91 Å². The van der Waals surface area contributed by atoms with Gasteiger partial charge in [-0.1, -0.05) is 24.3 Å². The fourth-order valence-corrected chi connectivity index (χ4v) is 1.89. The van der Waals surface area contributed by atoms with Gasteiger partial charge < -0.3 is 15.4 Å². The van der Waals surface area contributed by atoms with Crippen LogP contribution in [0.1, 0.15) is 16.8 Å². The summed E-state index contributed by atoms with van der Waals surface area (Å²) in [5, 5.41) is 11.7. The molecule has 0 atom stereocenters. The number of aliphatic hydroxyl groups excluding tert-OH is 1. The molecule has 0 unspecified atom stereocenters. The summed E-state index contributed by atoms with van der Waals surface area (Å²) in [6.45, 7) is 0.246. The molecule has 1 heterocycles. The van der Waals surface area contributed by atoms with Gasteiger partial charge in [-0.05, 0) is 11.1 Å². The van der Waals surface area contributed by atoms with Crippen LogP contribution in [0, 0.1) is 0 Å². The highest BCUT2D eigenvalue weighted by Gasteiger charge is 2.05. The van der Waals surface area contributed by atoms with E-state index in [0.717, 1.165) is 11.1 Å². The van der Waals surface area contributed by atoms with E-state index in [4.69, 9.17) is 5.11 Å². The zero-order valence-electron chi connectivity index (χ0n) is 11.2. The molecule has 2 aromatic rings. The molecule has 2 rings (SSSR count). The number of aromatic nitrogens is 2. The summed E-state index contributed by atoms with van der Waals surface area (Å²) >= 11 is 0. The highest BCUT2D eigenvalue weighted by Crippen LogP contribution is 2.04. The van der Waals surface area contributed by atoms with E-state index in [1.165, 1.54) is 6.07 Å². The molecule has 1 aromatic carbocycles. The number of H-pyrrole nitrogens is 2. The molecule has 7 nitrogen and oxygen atoms in total. The minimum Gasteiger partial charge on any atom is -0.392 e. The van der Waals surface area contributed by atoms with Crippen LogP contribution < -0.4 is 16.6 Å². The topological polar surface area (TPSA) is 115 Å². The van der Waals surface area contributed by atoms with Gasteiger partial charge in [0.25, 0.3) is 5.56 Å². The Morgan fingerprint density at radius 1 is 1.14 bits per heavy atom. The van der Waals surface area contributed by atoms with Crippen LogP contribution in [0.25, 0.3) is 0 Å². The molecule has 110 valence electrons. The van der Waals surface area contributed by atoms with Crippen LogP contribution in [0.4, 0.5) is 0 Å². The fourth-order valence-electron chi connectivity index (χ4n) is 1.89. The quantitative estimate of drug-likeness (QED) is 0.589. The number of amides is 1. The van der Waals surface area contributed by atoms with Crippen LogP contribution in [-0.2, 0) is 24.4 Å². The molecule has 4 N–H and O–H groups in total. The fraction of sp³-hybridized carbons (Fsp3) is 0.214. The summed E-state index contributed by atoms with van der Waals surface area (Å²) in [5.41, 5.74) is 0.693. The normalized spacial score (nSPS) is 10.3. The molecule has 0 bridgehead atoms. The smallest absolute Gasteiger partial charge is 0.325 e. The number of aliphatic hydroxyl groups is 1. The zero-order chi connectivity index (χ0) is 15.2. The average Bonchev–Trinajstić information content (AvgIpc) is 2.44. The Bertz CT molecular complexity index is 720. The van der Waals surface area contributed by atoms with Gasteiger partial charge in [-0.25, -0.2) is 4.79 Å². The molecular weight excluding hydrogens is 274 g/mol. The Hall–Kier alpha value is -2.67. The summed E-state index contributed by atoms with van der Waals surface area (Å²) in [7, 11) is 0. The number of nitrogens with one attached hydrogen (secondary N) is 3. The highest BCUT2D eigenvalue weighted by molar-refractivity contribution is 5.78. The molecule has 0 fully saturated rings. The SMILES string of the molecule is O=C(Cc1cc(=O)[nH]c(=O)[nH]1)NCc1cccc(CO)c1. The van der Waals surface area contributed by atoms with Gasteiger partial charge >= 0.3 is 5.69 Å². The van der Waals surface area contributed by atoms with Crippen molar-refractivity contribution < 1.29 is 9.90 Å². The van der Waals surface area contributed by atoms with Gasteiger partial charge in [0.05, 0.1) is 13.0 Å². The average molecular weight is 289 g/mol.